The molecule has 3 aromatic rings. The van der Waals surface area contributed by atoms with Crippen molar-refractivity contribution in [2.45, 2.75) is 18.9 Å². The van der Waals surface area contributed by atoms with E-state index in [1.54, 1.807) is 23.1 Å². The average molecular weight is 390 g/mol. The Bertz CT molecular complexity index is 928. The van der Waals surface area contributed by atoms with Crippen molar-refractivity contribution in [2.24, 2.45) is 0 Å². The molecule has 150 valence electrons. The van der Waals surface area contributed by atoms with Gasteiger partial charge in [0.25, 0.3) is 5.91 Å². The first-order valence-corrected chi connectivity index (χ1v) is 9.88. The molecule has 1 aromatic heterocycles. The van der Waals surface area contributed by atoms with Crippen LogP contribution >= 0.6 is 0 Å². The Morgan fingerprint density at radius 1 is 1.07 bits per heavy atom. The molecule has 7 heteroatoms. The highest BCUT2D eigenvalue weighted by atomic mass is 16.1. The molecule has 1 fully saturated rings. The van der Waals surface area contributed by atoms with Crippen LogP contribution in [0.15, 0.2) is 61.2 Å². The number of anilines is 2. The molecule has 7 nitrogen and oxygen atoms in total. The third-order valence-corrected chi connectivity index (χ3v) is 5.58. The lowest BCUT2D eigenvalue weighted by Crippen LogP contribution is -2.41. The predicted molar refractivity (Wildman–Crippen MR) is 115 cm³/mol. The van der Waals surface area contributed by atoms with E-state index >= 15 is 0 Å². The van der Waals surface area contributed by atoms with Gasteiger partial charge in [-0.25, -0.2) is 9.67 Å². The molecule has 0 aliphatic carbocycles. The lowest BCUT2D eigenvalue weighted by molar-refractivity contribution is 0.102. The third-order valence-electron chi connectivity index (χ3n) is 5.58. The normalized spacial score (nSPS) is 15.2. The molecule has 0 atom stereocenters. The number of nitrogens with one attached hydrogen (secondary N) is 1. The summed E-state index contributed by atoms with van der Waals surface area (Å²) in [4.78, 5) is 21.2. The van der Waals surface area contributed by atoms with Crippen LogP contribution in [0.1, 0.15) is 23.2 Å². The minimum absolute atomic E-state index is 0.133. The Balaban J connectivity index is 1.37. The molecule has 0 radical (unpaired) electrons. The van der Waals surface area contributed by atoms with Gasteiger partial charge >= 0.3 is 0 Å². The zero-order valence-corrected chi connectivity index (χ0v) is 16.8. The summed E-state index contributed by atoms with van der Waals surface area (Å²) in [6.45, 7) is 2.28. The molecule has 2 aromatic carbocycles. The van der Waals surface area contributed by atoms with Gasteiger partial charge in [-0.15, -0.1) is 0 Å². The standard InChI is InChI=1S/C22H26N6O/c1-26-13-11-20(12-14-26)27(2)19-9-5-18(6-10-19)25-22(29)17-3-7-21(8-4-17)28-16-23-15-24-28/h3-10,15-16,20H,11-14H2,1-2H3,(H,25,29). The van der Waals surface area contributed by atoms with Crippen molar-refractivity contribution in [3.63, 3.8) is 0 Å². The third kappa shape index (κ3) is 4.46. The number of nitrogens with zero attached hydrogens (tertiary/aromatic N) is 5. The van der Waals surface area contributed by atoms with Gasteiger partial charge in [0.1, 0.15) is 12.7 Å². The second-order valence-corrected chi connectivity index (χ2v) is 7.53. The number of hydrogen-bond acceptors (Lipinski definition) is 5. The fourth-order valence-electron chi connectivity index (χ4n) is 3.68. The molecule has 0 spiro atoms. The number of likely N-dealkylation sites (tertiary alicyclic amines) is 1. The summed E-state index contributed by atoms with van der Waals surface area (Å²) in [6, 6.07) is 15.9. The minimum Gasteiger partial charge on any atom is -0.372 e. The van der Waals surface area contributed by atoms with E-state index in [1.807, 2.05) is 24.3 Å². The average Bonchev–Trinajstić information content (AvgIpc) is 3.29. The Morgan fingerprint density at radius 2 is 1.76 bits per heavy atom. The highest BCUT2D eigenvalue weighted by Gasteiger charge is 2.20. The van der Waals surface area contributed by atoms with E-state index in [0.717, 1.165) is 24.5 Å². The smallest absolute Gasteiger partial charge is 0.255 e. The summed E-state index contributed by atoms with van der Waals surface area (Å²) < 4.78 is 1.65. The molecule has 0 saturated carbocycles. The molecule has 2 heterocycles. The van der Waals surface area contributed by atoms with Crippen molar-refractivity contribution in [2.75, 3.05) is 37.4 Å². The van der Waals surface area contributed by atoms with Crippen molar-refractivity contribution < 1.29 is 4.79 Å². The molecular formula is C22H26N6O. The number of hydrogen-bond donors (Lipinski definition) is 1. The van der Waals surface area contributed by atoms with E-state index < -0.39 is 0 Å². The summed E-state index contributed by atoms with van der Waals surface area (Å²) in [5.74, 6) is -0.133. The Morgan fingerprint density at radius 3 is 2.38 bits per heavy atom. The summed E-state index contributed by atoms with van der Waals surface area (Å²) in [5, 5.41) is 7.05. The van der Waals surface area contributed by atoms with E-state index in [9.17, 15) is 4.79 Å². The molecule has 0 bridgehead atoms. The maximum Gasteiger partial charge on any atom is 0.255 e. The molecule has 1 aliphatic heterocycles. The lowest BCUT2D eigenvalue weighted by Gasteiger charge is -2.36. The van der Waals surface area contributed by atoms with Crippen molar-refractivity contribution >= 4 is 17.3 Å². The molecule has 0 unspecified atom stereocenters. The van der Waals surface area contributed by atoms with E-state index in [-0.39, 0.29) is 5.91 Å². The van der Waals surface area contributed by atoms with E-state index in [1.165, 1.54) is 24.9 Å². The number of carbonyl (C=O) groups is 1. The van der Waals surface area contributed by atoms with Gasteiger partial charge < -0.3 is 15.1 Å². The van der Waals surface area contributed by atoms with Crippen LogP contribution in [0.2, 0.25) is 0 Å². The van der Waals surface area contributed by atoms with Gasteiger partial charge in [-0.1, -0.05) is 0 Å². The summed E-state index contributed by atoms with van der Waals surface area (Å²) in [5.41, 5.74) is 3.42. The SMILES string of the molecule is CN1CCC(N(C)c2ccc(NC(=O)c3ccc(-n4cncn4)cc3)cc2)CC1. The Kier molecular flexibility index (Phi) is 5.57. The van der Waals surface area contributed by atoms with Crippen LogP contribution in [0.3, 0.4) is 0 Å². The quantitative estimate of drug-likeness (QED) is 0.725. The maximum atomic E-state index is 12.5. The minimum atomic E-state index is -0.133. The van der Waals surface area contributed by atoms with Crippen LogP contribution in [0.25, 0.3) is 5.69 Å². The summed E-state index contributed by atoms with van der Waals surface area (Å²) >= 11 is 0. The van der Waals surface area contributed by atoms with Gasteiger partial charge in [0, 0.05) is 30.0 Å². The van der Waals surface area contributed by atoms with Gasteiger partial charge in [0.05, 0.1) is 5.69 Å². The molecule has 1 amide bonds. The van der Waals surface area contributed by atoms with Gasteiger partial charge in [0.15, 0.2) is 0 Å². The monoisotopic (exact) mass is 390 g/mol. The zero-order valence-electron chi connectivity index (χ0n) is 16.8. The van der Waals surface area contributed by atoms with Crippen LogP contribution in [0.4, 0.5) is 11.4 Å². The van der Waals surface area contributed by atoms with E-state index in [2.05, 4.69) is 51.4 Å². The second-order valence-electron chi connectivity index (χ2n) is 7.53. The number of piperidine rings is 1. The van der Waals surface area contributed by atoms with Crippen LogP contribution in [0, 0.1) is 0 Å². The van der Waals surface area contributed by atoms with Crippen LogP contribution in [-0.4, -0.2) is 58.8 Å². The largest absolute Gasteiger partial charge is 0.372 e. The lowest BCUT2D eigenvalue weighted by atomic mass is 10.0. The maximum absolute atomic E-state index is 12.5. The summed E-state index contributed by atoms with van der Waals surface area (Å²) in [6.07, 6.45) is 5.46. The number of carbonyl (C=O) groups excluding carboxylic acids is 1. The summed E-state index contributed by atoms with van der Waals surface area (Å²) in [7, 11) is 4.33. The fourth-order valence-corrected chi connectivity index (χ4v) is 3.68. The van der Waals surface area contributed by atoms with Crippen LogP contribution < -0.4 is 10.2 Å². The zero-order chi connectivity index (χ0) is 20.2. The molecular weight excluding hydrogens is 364 g/mol. The molecule has 1 N–H and O–H groups in total. The number of amides is 1. The fraction of sp³-hybridized carbons (Fsp3) is 0.318. The highest BCUT2D eigenvalue weighted by molar-refractivity contribution is 6.04. The van der Waals surface area contributed by atoms with E-state index in [0.29, 0.717) is 11.6 Å². The van der Waals surface area contributed by atoms with Crippen LogP contribution in [-0.2, 0) is 0 Å². The molecule has 29 heavy (non-hydrogen) atoms. The number of aromatic nitrogens is 3. The Labute approximate surface area is 171 Å². The second kappa shape index (κ2) is 8.45. The van der Waals surface area contributed by atoms with Crippen molar-refractivity contribution in [1.29, 1.82) is 0 Å². The highest BCUT2D eigenvalue weighted by Crippen LogP contribution is 2.23. The number of benzene rings is 2. The first-order chi connectivity index (χ1) is 14.1. The molecule has 1 aliphatic rings. The predicted octanol–water partition coefficient (Wildman–Crippen LogP) is 3.05. The number of rotatable bonds is 5. The molecule has 1 saturated heterocycles. The Hall–Kier alpha value is -3.19. The van der Waals surface area contributed by atoms with Crippen molar-refractivity contribution in [3.05, 3.63) is 66.7 Å². The van der Waals surface area contributed by atoms with E-state index in [4.69, 9.17) is 0 Å². The molecule has 4 rings (SSSR count). The first kappa shape index (κ1) is 19.1. The topological polar surface area (TPSA) is 66.3 Å². The van der Waals surface area contributed by atoms with Gasteiger partial charge in [-0.2, -0.15) is 5.10 Å². The van der Waals surface area contributed by atoms with Gasteiger partial charge in [-0.3, -0.25) is 4.79 Å². The first-order valence-electron chi connectivity index (χ1n) is 9.88. The van der Waals surface area contributed by atoms with Gasteiger partial charge in [0.2, 0.25) is 0 Å². The van der Waals surface area contributed by atoms with Crippen molar-refractivity contribution in [3.8, 4) is 5.69 Å². The van der Waals surface area contributed by atoms with Crippen LogP contribution in [0.5, 0.6) is 0 Å². The van der Waals surface area contributed by atoms with Crippen molar-refractivity contribution in [1.82, 2.24) is 19.7 Å². The van der Waals surface area contributed by atoms with Gasteiger partial charge in [-0.05, 0) is 81.5 Å².